The van der Waals surface area contributed by atoms with Gasteiger partial charge in [0.05, 0.1) is 14.2 Å². The number of allylic oxidation sites excluding steroid dienone is 2. The summed E-state index contributed by atoms with van der Waals surface area (Å²) in [5.41, 5.74) is 1.61. The molecule has 0 saturated carbocycles. The number of hydrogen-bond acceptors (Lipinski definition) is 6. The van der Waals surface area contributed by atoms with E-state index in [9.17, 15) is 19.8 Å². The number of methoxy groups -OCH3 is 2. The number of aromatic hydroxyl groups is 2. The Balaban J connectivity index is 2.60. The minimum atomic E-state index is -0.195. The van der Waals surface area contributed by atoms with E-state index >= 15 is 0 Å². The molecule has 2 rings (SSSR count). The fourth-order valence-electron chi connectivity index (χ4n) is 2.39. The van der Waals surface area contributed by atoms with Gasteiger partial charge in [0, 0.05) is 11.1 Å². The van der Waals surface area contributed by atoms with Gasteiger partial charge in [0.15, 0.2) is 29.3 Å². The van der Waals surface area contributed by atoms with Gasteiger partial charge in [-0.3, -0.25) is 9.59 Å². The van der Waals surface area contributed by atoms with Crippen molar-refractivity contribution in [2.24, 2.45) is 0 Å². The van der Waals surface area contributed by atoms with Crippen LogP contribution < -0.4 is 9.47 Å². The summed E-state index contributed by atoms with van der Waals surface area (Å²) in [6, 6.07) is 7.71. The fourth-order valence-corrected chi connectivity index (χ4v) is 2.39. The van der Waals surface area contributed by atoms with Gasteiger partial charge in [0.2, 0.25) is 0 Å². The van der Waals surface area contributed by atoms with Crippen LogP contribution in [0.1, 0.15) is 16.7 Å². The highest BCUT2D eigenvalue weighted by Crippen LogP contribution is 2.37. The van der Waals surface area contributed by atoms with E-state index in [0.29, 0.717) is 23.7 Å². The molecule has 26 heavy (non-hydrogen) atoms. The van der Waals surface area contributed by atoms with Crippen molar-refractivity contribution in [2.45, 2.75) is 0 Å². The van der Waals surface area contributed by atoms with Crippen LogP contribution >= 0.6 is 0 Å². The predicted molar refractivity (Wildman–Crippen MR) is 98.4 cm³/mol. The second-order valence-electron chi connectivity index (χ2n) is 5.26. The summed E-state index contributed by atoms with van der Waals surface area (Å²) in [6.07, 6.45) is 5.59. The van der Waals surface area contributed by atoms with Crippen LogP contribution in [0.5, 0.6) is 23.0 Å². The highest BCUT2D eigenvalue weighted by Gasteiger charge is 2.14. The van der Waals surface area contributed by atoms with Crippen LogP contribution in [0.15, 0.2) is 36.4 Å². The molecule has 0 unspecified atom stereocenters. The Kier molecular flexibility index (Phi) is 6.16. The van der Waals surface area contributed by atoms with Gasteiger partial charge in [-0.2, -0.15) is 0 Å². The Labute approximate surface area is 150 Å². The third-order valence-corrected chi connectivity index (χ3v) is 3.65. The summed E-state index contributed by atoms with van der Waals surface area (Å²) in [5.74, 6) is 0.209. The van der Waals surface area contributed by atoms with Crippen molar-refractivity contribution in [3.8, 4) is 23.0 Å². The molecule has 2 N–H and O–H groups in total. The zero-order valence-electron chi connectivity index (χ0n) is 14.3. The Morgan fingerprint density at radius 3 is 2.27 bits per heavy atom. The van der Waals surface area contributed by atoms with Crippen molar-refractivity contribution in [3.63, 3.8) is 0 Å². The number of rotatable bonds is 7. The molecule has 0 aliphatic carbocycles. The number of ether oxygens (including phenoxy) is 2. The molecule has 0 aromatic heterocycles. The highest BCUT2D eigenvalue weighted by atomic mass is 16.5. The van der Waals surface area contributed by atoms with Crippen LogP contribution in [0.4, 0.5) is 0 Å². The van der Waals surface area contributed by atoms with E-state index in [4.69, 9.17) is 9.47 Å². The smallest absolute Gasteiger partial charge is 0.165 e. The van der Waals surface area contributed by atoms with Gasteiger partial charge in [-0.1, -0.05) is 12.1 Å². The van der Waals surface area contributed by atoms with Crippen molar-refractivity contribution < 1.29 is 29.3 Å². The largest absolute Gasteiger partial charge is 0.504 e. The van der Waals surface area contributed by atoms with Crippen LogP contribution in [0.25, 0.3) is 17.7 Å². The van der Waals surface area contributed by atoms with Gasteiger partial charge >= 0.3 is 0 Å². The van der Waals surface area contributed by atoms with Crippen molar-refractivity contribution in [1.29, 1.82) is 0 Å². The molecule has 2 aromatic carbocycles. The third-order valence-electron chi connectivity index (χ3n) is 3.65. The Bertz CT molecular complexity index is 880. The molecule has 0 aliphatic rings. The van der Waals surface area contributed by atoms with E-state index < -0.39 is 0 Å². The van der Waals surface area contributed by atoms with Crippen LogP contribution in [0.3, 0.4) is 0 Å². The standard InChI is InChI=1S/C20H18O6/c1-25-18-10-14(5-6-17(18)23)8-15(12-22)16-9-13(4-3-7-21)11-19(26-2)20(16)24/h3-12,23-24H,1-2H3/b4-3+,15-8-. The number of benzene rings is 2. The highest BCUT2D eigenvalue weighted by molar-refractivity contribution is 6.14. The van der Waals surface area contributed by atoms with Crippen LogP contribution in [0, 0.1) is 0 Å². The lowest BCUT2D eigenvalue weighted by molar-refractivity contribution is -0.104. The number of carbonyl (C=O) groups excluding carboxylic acids is 2. The molecule has 134 valence electrons. The predicted octanol–water partition coefficient (Wildman–Crippen LogP) is 3.07. The topological polar surface area (TPSA) is 93.1 Å². The summed E-state index contributed by atoms with van der Waals surface area (Å²) in [5, 5.41) is 20.0. The number of hydrogen-bond donors (Lipinski definition) is 2. The van der Waals surface area contributed by atoms with Crippen LogP contribution in [-0.4, -0.2) is 37.0 Å². The first-order valence-electron chi connectivity index (χ1n) is 7.61. The maximum Gasteiger partial charge on any atom is 0.165 e. The molecule has 0 fully saturated rings. The monoisotopic (exact) mass is 354 g/mol. The third kappa shape index (κ3) is 4.10. The molecular formula is C20H18O6. The number of phenols is 2. The van der Waals surface area contributed by atoms with Gasteiger partial charge in [-0.05, 0) is 47.5 Å². The molecule has 0 spiro atoms. The molecule has 2 aromatic rings. The minimum Gasteiger partial charge on any atom is -0.504 e. The molecule has 0 heterocycles. The zero-order valence-corrected chi connectivity index (χ0v) is 14.3. The first kappa shape index (κ1) is 18.8. The number of aldehydes is 2. The molecule has 0 atom stereocenters. The van der Waals surface area contributed by atoms with Crippen LogP contribution in [-0.2, 0) is 9.59 Å². The minimum absolute atomic E-state index is 0.0252. The van der Waals surface area contributed by atoms with Gasteiger partial charge in [-0.25, -0.2) is 0 Å². The number of carbonyl (C=O) groups is 2. The summed E-state index contributed by atoms with van der Waals surface area (Å²) in [7, 11) is 2.81. The molecule has 0 saturated heterocycles. The van der Waals surface area contributed by atoms with E-state index in [2.05, 4.69) is 0 Å². The molecule has 6 heteroatoms. The second-order valence-corrected chi connectivity index (χ2v) is 5.26. The SMILES string of the molecule is COc1cc(/C=C(/C=O)c2cc(/C=C/C=O)cc(OC)c2O)ccc1O. The first-order chi connectivity index (χ1) is 12.5. The molecule has 0 aliphatic heterocycles. The lowest BCUT2D eigenvalue weighted by Gasteiger charge is -2.11. The lowest BCUT2D eigenvalue weighted by atomic mass is 9.99. The van der Waals surface area contributed by atoms with Gasteiger partial charge in [-0.15, -0.1) is 0 Å². The molecular weight excluding hydrogens is 336 g/mol. The summed E-state index contributed by atoms with van der Waals surface area (Å²) in [4.78, 5) is 22.2. The van der Waals surface area contributed by atoms with E-state index in [1.807, 2.05) is 0 Å². The van der Waals surface area contributed by atoms with Crippen molar-refractivity contribution in [3.05, 3.63) is 53.1 Å². The maximum atomic E-state index is 11.6. The quantitative estimate of drug-likeness (QED) is 0.451. The van der Waals surface area contributed by atoms with Gasteiger partial charge in [0.1, 0.15) is 6.29 Å². The fraction of sp³-hybridized carbons (Fsp3) is 0.100. The van der Waals surface area contributed by atoms with E-state index in [1.165, 1.54) is 38.5 Å². The van der Waals surface area contributed by atoms with Crippen molar-refractivity contribution >= 4 is 30.3 Å². The van der Waals surface area contributed by atoms with E-state index in [1.54, 1.807) is 24.3 Å². The summed E-state index contributed by atoms with van der Waals surface area (Å²) < 4.78 is 10.2. The summed E-state index contributed by atoms with van der Waals surface area (Å²) in [6.45, 7) is 0. The van der Waals surface area contributed by atoms with Crippen molar-refractivity contribution in [1.82, 2.24) is 0 Å². The molecule has 0 bridgehead atoms. The van der Waals surface area contributed by atoms with E-state index in [0.717, 1.165) is 0 Å². The van der Waals surface area contributed by atoms with Gasteiger partial charge < -0.3 is 19.7 Å². The molecule has 0 amide bonds. The lowest BCUT2D eigenvalue weighted by Crippen LogP contribution is -1.93. The Hall–Kier alpha value is -3.54. The first-order valence-corrected chi connectivity index (χ1v) is 7.61. The number of phenolic OH excluding ortho intramolecular Hbond substituents is 2. The normalized spacial score (nSPS) is 11.4. The van der Waals surface area contributed by atoms with Crippen LogP contribution in [0.2, 0.25) is 0 Å². The average molecular weight is 354 g/mol. The maximum absolute atomic E-state index is 11.6. The van der Waals surface area contributed by atoms with E-state index in [-0.39, 0.29) is 34.1 Å². The second kappa shape index (κ2) is 8.53. The summed E-state index contributed by atoms with van der Waals surface area (Å²) >= 11 is 0. The molecule has 6 nitrogen and oxygen atoms in total. The van der Waals surface area contributed by atoms with Gasteiger partial charge in [0.25, 0.3) is 0 Å². The Morgan fingerprint density at radius 2 is 1.65 bits per heavy atom. The average Bonchev–Trinajstić information content (AvgIpc) is 2.66. The molecule has 0 radical (unpaired) electrons. The Morgan fingerprint density at radius 1 is 0.962 bits per heavy atom. The van der Waals surface area contributed by atoms with Crippen molar-refractivity contribution in [2.75, 3.05) is 14.2 Å². The zero-order chi connectivity index (χ0) is 19.1.